The van der Waals surface area contributed by atoms with Crippen LogP contribution in [0.25, 0.3) is 0 Å². The van der Waals surface area contributed by atoms with Crippen molar-refractivity contribution in [2.24, 2.45) is 11.7 Å². The van der Waals surface area contributed by atoms with Crippen molar-refractivity contribution in [3.63, 3.8) is 0 Å². The molecule has 0 saturated carbocycles. The van der Waals surface area contributed by atoms with Gasteiger partial charge in [-0.1, -0.05) is 12.1 Å². The maximum Gasteiger partial charge on any atom is 0.238 e. The molecular weight excluding hydrogens is 293 g/mol. The van der Waals surface area contributed by atoms with Crippen LogP contribution in [0.2, 0.25) is 0 Å². The molecule has 1 amide bonds. The lowest BCUT2D eigenvalue weighted by Gasteiger charge is -2.33. The SMILES string of the molecule is CC(N)C1CCN(CC(=O)Nc2ccccc2F)CC1.Cl. The van der Waals surface area contributed by atoms with Gasteiger partial charge in [0.05, 0.1) is 12.2 Å². The fourth-order valence-electron chi connectivity index (χ4n) is 2.59. The van der Waals surface area contributed by atoms with E-state index in [0.29, 0.717) is 12.5 Å². The average molecular weight is 316 g/mol. The number of nitrogens with one attached hydrogen (secondary N) is 1. The van der Waals surface area contributed by atoms with E-state index in [2.05, 4.69) is 10.2 Å². The highest BCUT2D eigenvalue weighted by Gasteiger charge is 2.23. The van der Waals surface area contributed by atoms with Gasteiger partial charge in [-0.15, -0.1) is 12.4 Å². The lowest BCUT2D eigenvalue weighted by Crippen LogP contribution is -2.42. The summed E-state index contributed by atoms with van der Waals surface area (Å²) in [6.45, 7) is 4.08. The van der Waals surface area contributed by atoms with Crippen molar-refractivity contribution in [2.45, 2.75) is 25.8 Å². The number of carbonyl (C=O) groups excluding carboxylic acids is 1. The van der Waals surface area contributed by atoms with E-state index in [1.807, 2.05) is 6.92 Å². The van der Waals surface area contributed by atoms with Crippen LogP contribution in [0.3, 0.4) is 0 Å². The molecule has 3 N–H and O–H groups in total. The molecule has 4 nitrogen and oxygen atoms in total. The van der Waals surface area contributed by atoms with Crippen LogP contribution in [-0.4, -0.2) is 36.5 Å². The molecule has 1 aromatic carbocycles. The Hall–Kier alpha value is -1.17. The van der Waals surface area contributed by atoms with Gasteiger partial charge in [0.15, 0.2) is 0 Å². The summed E-state index contributed by atoms with van der Waals surface area (Å²) < 4.78 is 13.4. The van der Waals surface area contributed by atoms with E-state index in [-0.39, 0.29) is 30.0 Å². The molecule has 0 spiro atoms. The van der Waals surface area contributed by atoms with E-state index in [9.17, 15) is 9.18 Å². The molecule has 0 aliphatic carbocycles. The second-order valence-electron chi connectivity index (χ2n) is 5.50. The molecule has 1 atom stereocenters. The smallest absolute Gasteiger partial charge is 0.238 e. The predicted octanol–water partition coefficient (Wildman–Crippen LogP) is 2.25. The van der Waals surface area contributed by atoms with Crippen LogP contribution < -0.4 is 11.1 Å². The predicted molar refractivity (Wildman–Crippen MR) is 85.1 cm³/mol. The summed E-state index contributed by atoms with van der Waals surface area (Å²) in [5, 5.41) is 2.61. The molecule has 1 aromatic rings. The van der Waals surface area contributed by atoms with Gasteiger partial charge in [0.25, 0.3) is 0 Å². The number of amides is 1. The monoisotopic (exact) mass is 315 g/mol. The van der Waals surface area contributed by atoms with Gasteiger partial charge in [-0.3, -0.25) is 9.69 Å². The van der Waals surface area contributed by atoms with Crippen molar-refractivity contribution >= 4 is 24.0 Å². The first-order valence-corrected chi connectivity index (χ1v) is 7.08. The molecule has 1 unspecified atom stereocenters. The van der Waals surface area contributed by atoms with Gasteiger partial charge >= 0.3 is 0 Å². The first-order valence-electron chi connectivity index (χ1n) is 7.08. The highest BCUT2D eigenvalue weighted by molar-refractivity contribution is 5.92. The number of rotatable bonds is 4. The van der Waals surface area contributed by atoms with E-state index in [1.54, 1.807) is 18.2 Å². The quantitative estimate of drug-likeness (QED) is 0.896. The summed E-state index contributed by atoms with van der Waals surface area (Å²) in [6, 6.07) is 6.42. The summed E-state index contributed by atoms with van der Waals surface area (Å²) in [5.41, 5.74) is 6.13. The molecule has 1 aliphatic heterocycles. The lowest BCUT2D eigenvalue weighted by atomic mass is 9.91. The van der Waals surface area contributed by atoms with Crippen molar-refractivity contribution in [3.8, 4) is 0 Å². The van der Waals surface area contributed by atoms with Gasteiger partial charge in [-0.2, -0.15) is 0 Å². The van der Waals surface area contributed by atoms with Crippen molar-refractivity contribution in [1.29, 1.82) is 0 Å². The van der Waals surface area contributed by atoms with E-state index in [1.165, 1.54) is 6.07 Å². The van der Waals surface area contributed by atoms with E-state index in [4.69, 9.17) is 5.73 Å². The molecule has 2 rings (SSSR count). The van der Waals surface area contributed by atoms with Crippen molar-refractivity contribution in [1.82, 2.24) is 4.90 Å². The van der Waals surface area contributed by atoms with E-state index < -0.39 is 5.82 Å². The number of hydrogen-bond donors (Lipinski definition) is 2. The number of nitrogens with zero attached hydrogens (tertiary/aromatic N) is 1. The molecule has 21 heavy (non-hydrogen) atoms. The standard InChI is InChI=1S/C15H22FN3O.ClH/c1-11(17)12-6-8-19(9-7-12)10-15(20)18-14-5-3-2-4-13(14)16;/h2-5,11-12H,6-10,17H2,1H3,(H,18,20);1H. The van der Waals surface area contributed by atoms with Crippen LogP contribution in [0.4, 0.5) is 10.1 Å². The molecule has 6 heteroatoms. The summed E-state index contributed by atoms with van der Waals surface area (Å²) in [4.78, 5) is 14.0. The van der Waals surface area contributed by atoms with Gasteiger partial charge in [0, 0.05) is 6.04 Å². The minimum Gasteiger partial charge on any atom is -0.328 e. The number of carbonyl (C=O) groups is 1. The highest BCUT2D eigenvalue weighted by atomic mass is 35.5. The van der Waals surface area contributed by atoms with Crippen molar-refractivity contribution in [2.75, 3.05) is 25.0 Å². The minimum atomic E-state index is -0.406. The largest absolute Gasteiger partial charge is 0.328 e. The number of benzene rings is 1. The third-order valence-electron chi connectivity index (χ3n) is 3.89. The van der Waals surface area contributed by atoms with Gasteiger partial charge in [0.2, 0.25) is 5.91 Å². The van der Waals surface area contributed by atoms with Gasteiger partial charge in [0.1, 0.15) is 5.82 Å². The number of para-hydroxylation sites is 1. The fraction of sp³-hybridized carbons (Fsp3) is 0.533. The minimum absolute atomic E-state index is 0. The lowest BCUT2D eigenvalue weighted by molar-refractivity contribution is -0.117. The maximum absolute atomic E-state index is 13.4. The number of anilines is 1. The Kier molecular flexibility index (Phi) is 7.08. The second-order valence-corrected chi connectivity index (χ2v) is 5.50. The molecule has 1 heterocycles. The molecule has 0 radical (unpaired) electrons. The maximum atomic E-state index is 13.4. The molecule has 0 bridgehead atoms. The highest BCUT2D eigenvalue weighted by Crippen LogP contribution is 2.19. The molecule has 1 aliphatic rings. The normalized spacial score (nSPS) is 17.9. The van der Waals surface area contributed by atoms with Crippen molar-refractivity contribution < 1.29 is 9.18 Å². The summed E-state index contributed by atoms with van der Waals surface area (Å²) in [7, 11) is 0. The number of halogens is 2. The zero-order valence-corrected chi connectivity index (χ0v) is 13.0. The van der Waals surface area contributed by atoms with Gasteiger partial charge in [-0.05, 0) is 50.9 Å². The van der Waals surface area contributed by atoms with Crippen LogP contribution in [-0.2, 0) is 4.79 Å². The fourth-order valence-corrected chi connectivity index (χ4v) is 2.59. The first-order chi connectivity index (χ1) is 9.56. The number of nitrogens with two attached hydrogens (primary N) is 1. The van der Waals surface area contributed by atoms with Crippen LogP contribution in [0.1, 0.15) is 19.8 Å². The molecular formula is C15H23ClFN3O. The second kappa shape index (κ2) is 8.32. The topological polar surface area (TPSA) is 58.4 Å². The van der Waals surface area contributed by atoms with Crippen LogP contribution >= 0.6 is 12.4 Å². The molecule has 1 saturated heterocycles. The van der Waals surface area contributed by atoms with E-state index >= 15 is 0 Å². The summed E-state index contributed by atoms with van der Waals surface area (Å²) in [5.74, 6) is -0.0354. The molecule has 0 aromatic heterocycles. The van der Waals surface area contributed by atoms with Gasteiger partial charge < -0.3 is 11.1 Å². The Bertz CT molecular complexity index is 462. The van der Waals surface area contributed by atoms with Crippen LogP contribution in [0.5, 0.6) is 0 Å². The Balaban J connectivity index is 0.00000220. The summed E-state index contributed by atoms with van der Waals surface area (Å²) >= 11 is 0. The average Bonchev–Trinajstić information content (AvgIpc) is 2.42. The number of hydrogen-bond acceptors (Lipinski definition) is 3. The van der Waals surface area contributed by atoms with Crippen LogP contribution in [0, 0.1) is 11.7 Å². The van der Waals surface area contributed by atoms with Gasteiger partial charge in [-0.25, -0.2) is 4.39 Å². The summed E-state index contributed by atoms with van der Waals surface area (Å²) in [6.07, 6.45) is 2.04. The zero-order chi connectivity index (χ0) is 14.5. The molecule has 118 valence electrons. The third kappa shape index (κ3) is 5.26. The zero-order valence-electron chi connectivity index (χ0n) is 12.2. The molecule has 1 fully saturated rings. The Morgan fingerprint density at radius 2 is 2.05 bits per heavy atom. The Morgan fingerprint density at radius 3 is 2.62 bits per heavy atom. The Morgan fingerprint density at radius 1 is 1.43 bits per heavy atom. The van der Waals surface area contributed by atoms with Crippen LogP contribution in [0.15, 0.2) is 24.3 Å². The Labute approximate surface area is 131 Å². The van der Waals surface area contributed by atoms with E-state index in [0.717, 1.165) is 25.9 Å². The first kappa shape index (κ1) is 17.9. The van der Waals surface area contributed by atoms with Crippen molar-refractivity contribution in [3.05, 3.63) is 30.1 Å². The number of piperidine rings is 1. The number of likely N-dealkylation sites (tertiary alicyclic amines) is 1. The third-order valence-corrected chi connectivity index (χ3v) is 3.89.